The highest BCUT2D eigenvalue weighted by atomic mass is 32.2. The summed E-state index contributed by atoms with van der Waals surface area (Å²) >= 11 is 0.899. The number of carboxylic acid groups (broad SMARTS) is 1. The molecule has 4 aromatic rings. The van der Waals surface area contributed by atoms with Crippen molar-refractivity contribution >= 4 is 38.2 Å². The molecule has 2 N–H and O–H groups in total. The van der Waals surface area contributed by atoms with E-state index in [4.69, 9.17) is 6.85 Å². The Kier molecular flexibility index (Phi) is 4.49. The fourth-order valence-corrected chi connectivity index (χ4v) is 5.56. The van der Waals surface area contributed by atoms with E-state index in [9.17, 15) is 18.3 Å². The highest BCUT2D eigenvalue weighted by molar-refractivity contribution is 7.91. The summed E-state index contributed by atoms with van der Waals surface area (Å²) < 4.78 is 68.0. The van der Waals surface area contributed by atoms with Crippen molar-refractivity contribution in [1.82, 2.24) is 9.29 Å². The summed E-state index contributed by atoms with van der Waals surface area (Å²) in [6, 6.07) is 8.56. The Bertz CT molecular complexity index is 1690. The molecule has 0 aliphatic rings. The number of nitrogens with one attached hydrogen (secondary N) is 1. The number of aromatic nitrogens is 1. The summed E-state index contributed by atoms with van der Waals surface area (Å²) in [5.41, 5.74) is 1.23. The van der Waals surface area contributed by atoms with Crippen LogP contribution in [0, 0.1) is 18.9 Å². The molecular formula is C24H20N2O4S2. The summed E-state index contributed by atoms with van der Waals surface area (Å²) in [5, 5.41) is 11.6. The van der Waals surface area contributed by atoms with Crippen LogP contribution in [0.15, 0.2) is 76.3 Å². The molecule has 0 radical (unpaired) electrons. The van der Waals surface area contributed by atoms with Crippen LogP contribution in [0.4, 0.5) is 0 Å². The van der Waals surface area contributed by atoms with Crippen LogP contribution in [0.1, 0.15) is 23.5 Å². The number of aliphatic carboxylic acids is 1. The monoisotopic (exact) mass is 469 g/mol. The second kappa shape index (κ2) is 8.91. The number of hydrogen-bond acceptors (Lipinski definition) is 4. The molecular weight excluding hydrogens is 444 g/mol. The number of nitrogens with zero attached hydrogens (tertiary/aromatic N) is 1. The highest BCUT2D eigenvalue weighted by Crippen LogP contribution is 2.26. The maximum Gasteiger partial charge on any atom is 0.328 e. The number of carbonyl (C=O) groups is 1. The van der Waals surface area contributed by atoms with Gasteiger partial charge in [-0.15, -0.1) is 11.3 Å². The van der Waals surface area contributed by atoms with Crippen LogP contribution in [0.5, 0.6) is 0 Å². The third-order valence-electron chi connectivity index (χ3n) is 4.63. The SMILES string of the molecule is [2H]c1[nH]c2c([2H])c([2H])c([2H])c([2H])c2c1C[C@H](C(=O)O)N(C#Cc1cccc(C)c1)S(=O)(=O)c1cccs1. The first-order chi connectivity index (χ1) is 17.4. The van der Waals surface area contributed by atoms with Gasteiger partial charge in [0.05, 0.1) is 6.85 Å². The lowest BCUT2D eigenvalue weighted by Gasteiger charge is -2.24. The molecule has 2 aromatic carbocycles. The van der Waals surface area contributed by atoms with Gasteiger partial charge in [0, 0.05) is 35.1 Å². The number of benzene rings is 2. The number of hydrogen-bond donors (Lipinski definition) is 2. The van der Waals surface area contributed by atoms with Gasteiger partial charge < -0.3 is 10.1 Å². The zero-order chi connectivity index (χ0) is 27.1. The van der Waals surface area contributed by atoms with Gasteiger partial charge in [-0.25, -0.2) is 9.10 Å². The molecule has 0 unspecified atom stereocenters. The molecule has 6 nitrogen and oxygen atoms in total. The Morgan fingerprint density at radius 1 is 1.28 bits per heavy atom. The number of thiophene rings is 1. The van der Waals surface area contributed by atoms with Crippen LogP contribution in [0.3, 0.4) is 0 Å². The maximum absolute atomic E-state index is 13.5. The predicted octanol–water partition coefficient (Wildman–Crippen LogP) is 4.23. The Balaban J connectivity index is 1.90. The van der Waals surface area contributed by atoms with E-state index < -0.39 is 52.6 Å². The molecule has 0 amide bonds. The van der Waals surface area contributed by atoms with Gasteiger partial charge in [0.1, 0.15) is 4.21 Å². The molecule has 0 saturated heterocycles. The van der Waals surface area contributed by atoms with E-state index >= 15 is 0 Å². The lowest BCUT2D eigenvalue weighted by molar-refractivity contribution is -0.140. The van der Waals surface area contributed by atoms with Crippen molar-refractivity contribution in [2.45, 2.75) is 23.6 Å². The van der Waals surface area contributed by atoms with Crippen LogP contribution in [-0.2, 0) is 21.2 Å². The number of fused-ring (bicyclic) bond motifs is 1. The number of sulfonamides is 1. The average molecular weight is 470 g/mol. The Morgan fingerprint density at radius 2 is 2.09 bits per heavy atom. The molecule has 0 aliphatic carbocycles. The minimum atomic E-state index is -4.41. The molecule has 2 heterocycles. The number of aryl methyl sites for hydroxylation is 1. The first-order valence-electron chi connectivity index (χ1n) is 11.9. The Labute approximate surface area is 197 Å². The largest absolute Gasteiger partial charge is 0.480 e. The van der Waals surface area contributed by atoms with Gasteiger partial charge in [0.2, 0.25) is 0 Å². The van der Waals surface area contributed by atoms with Crippen molar-refractivity contribution in [3.8, 4) is 12.0 Å². The zero-order valence-electron chi connectivity index (χ0n) is 21.8. The van der Waals surface area contributed by atoms with Crippen molar-refractivity contribution in [3.63, 3.8) is 0 Å². The molecule has 0 saturated carbocycles. The van der Waals surface area contributed by atoms with Gasteiger partial charge in [-0.3, -0.25) is 0 Å². The van der Waals surface area contributed by atoms with Gasteiger partial charge in [0.25, 0.3) is 10.0 Å². The molecule has 0 aliphatic heterocycles. The standard InChI is InChI=1S/C24H20N2O4S2/c1-17-6-4-7-18(14-17)11-12-26(32(29,30)23-10-5-13-31-23)22(24(27)28)15-19-16-25-21-9-3-2-8-20(19)21/h2-10,13-14,16,22,25H,15H2,1H3,(H,27,28)/t22-/m1/s1/i2D,3D,8D,9D,16D. The predicted molar refractivity (Wildman–Crippen MR) is 125 cm³/mol. The van der Waals surface area contributed by atoms with E-state index in [-0.39, 0.29) is 26.8 Å². The molecule has 4 rings (SSSR count). The van der Waals surface area contributed by atoms with Crippen LogP contribution in [0.2, 0.25) is 0 Å². The van der Waals surface area contributed by atoms with E-state index in [0.29, 0.717) is 9.87 Å². The molecule has 0 bridgehead atoms. The highest BCUT2D eigenvalue weighted by Gasteiger charge is 2.35. The lowest BCUT2D eigenvalue weighted by atomic mass is 10.1. The molecule has 0 spiro atoms. The number of carboxylic acids is 1. The van der Waals surface area contributed by atoms with Crippen LogP contribution in [-0.4, -0.2) is 34.8 Å². The van der Waals surface area contributed by atoms with E-state index in [1.807, 2.05) is 13.0 Å². The molecule has 32 heavy (non-hydrogen) atoms. The van der Waals surface area contributed by atoms with Crippen molar-refractivity contribution in [2.75, 3.05) is 0 Å². The van der Waals surface area contributed by atoms with E-state index in [2.05, 4.69) is 16.9 Å². The number of aromatic amines is 1. The third kappa shape index (κ3) is 4.40. The van der Waals surface area contributed by atoms with Gasteiger partial charge in [-0.05, 0) is 53.6 Å². The average Bonchev–Trinajstić information content (AvgIpc) is 3.50. The van der Waals surface area contributed by atoms with Gasteiger partial charge >= 0.3 is 5.97 Å². The van der Waals surface area contributed by atoms with Gasteiger partial charge in [-0.1, -0.05) is 36.3 Å². The summed E-state index contributed by atoms with van der Waals surface area (Å²) in [6.45, 7) is 1.83. The Morgan fingerprint density at radius 3 is 2.81 bits per heavy atom. The van der Waals surface area contributed by atoms with E-state index in [1.165, 1.54) is 17.5 Å². The first-order valence-corrected chi connectivity index (χ1v) is 11.7. The summed E-state index contributed by atoms with van der Waals surface area (Å²) in [6.07, 6.45) is -0.906. The molecule has 1 atom stereocenters. The molecule has 2 aromatic heterocycles. The molecule has 162 valence electrons. The molecule has 0 fully saturated rings. The van der Waals surface area contributed by atoms with Crippen LogP contribution in [0.25, 0.3) is 10.9 Å². The third-order valence-corrected chi connectivity index (χ3v) is 7.72. The normalized spacial score (nSPS) is 14.3. The quantitative estimate of drug-likeness (QED) is 0.327. The number of H-pyrrole nitrogens is 1. The van der Waals surface area contributed by atoms with Crippen molar-refractivity contribution < 1.29 is 25.2 Å². The van der Waals surface area contributed by atoms with Crippen molar-refractivity contribution in [1.29, 1.82) is 0 Å². The second-order valence-corrected chi connectivity index (χ2v) is 9.87. The minimum absolute atomic E-state index is 0.0573. The van der Waals surface area contributed by atoms with Crippen LogP contribution >= 0.6 is 11.3 Å². The topological polar surface area (TPSA) is 90.5 Å². The van der Waals surface area contributed by atoms with Gasteiger partial charge in [0.15, 0.2) is 6.04 Å². The Hall–Kier alpha value is -3.54. The summed E-state index contributed by atoms with van der Waals surface area (Å²) in [7, 11) is -4.41. The maximum atomic E-state index is 13.5. The fraction of sp³-hybridized carbons (Fsp3) is 0.125. The molecule has 8 heteroatoms. The number of rotatable bonds is 6. The van der Waals surface area contributed by atoms with Gasteiger partial charge in [-0.2, -0.15) is 8.42 Å². The zero-order valence-corrected chi connectivity index (χ0v) is 18.4. The summed E-state index contributed by atoms with van der Waals surface area (Å²) in [4.78, 5) is 15.1. The minimum Gasteiger partial charge on any atom is -0.480 e. The van der Waals surface area contributed by atoms with Crippen molar-refractivity contribution in [2.24, 2.45) is 0 Å². The lowest BCUT2D eigenvalue weighted by Crippen LogP contribution is -2.43. The van der Waals surface area contributed by atoms with E-state index in [1.54, 1.807) is 18.2 Å². The van der Waals surface area contributed by atoms with Crippen LogP contribution < -0.4 is 0 Å². The van der Waals surface area contributed by atoms with E-state index in [0.717, 1.165) is 16.9 Å². The fourth-order valence-electron chi connectivity index (χ4n) is 3.11. The first kappa shape index (κ1) is 16.1. The smallest absolute Gasteiger partial charge is 0.328 e. The summed E-state index contributed by atoms with van der Waals surface area (Å²) in [5.74, 6) is 1.18. The van der Waals surface area contributed by atoms with Crippen molar-refractivity contribution in [3.05, 3.63) is 88.8 Å². The number of para-hydroxylation sites is 1. The second-order valence-electron chi connectivity index (χ2n) is 6.88.